The highest BCUT2D eigenvalue weighted by Crippen LogP contribution is 2.30. The van der Waals surface area contributed by atoms with E-state index in [-0.39, 0.29) is 11.1 Å². The third-order valence-electron chi connectivity index (χ3n) is 9.44. The molecule has 4 nitrogen and oxygen atoms in total. The topological polar surface area (TPSA) is 74.6 Å². The van der Waals surface area contributed by atoms with Gasteiger partial charge in [0.1, 0.15) is 0 Å². The van der Waals surface area contributed by atoms with Gasteiger partial charge < -0.3 is 10.2 Å². The molecule has 0 bridgehead atoms. The first kappa shape index (κ1) is 38.2. The Morgan fingerprint density at radius 1 is 0.548 bits per heavy atom. The minimum Gasteiger partial charge on any atom is -0.478 e. The van der Waals surface area contributed by atoms with Crippen molar-refractivity contribution in [1.82, 2.24) is 0 Å². The highest BCUT2D eigenvalue weighted by molar-refractivity contribution is 6.03. The number of hydrogen-bond donors (Lipinski definition) is 2. The largest absolute Gasteiger partial charge is 0.478 e. The van der Waals surface area contributed by atoms with Crippen LogP contribution in [-0.4, -0.2) is 22.2 Å². The Labute approximate surface area is 259 Å². The molecular formula is C38H66O4. The van der Waals surface area contributed by atoms with Crippen LogP contribution in [0.15, 0.2) is 12.1 Å². The van der Waals surface area contributed by atoms with Crippen molar-refractivity contribution >= 4 is 11.9 Å². The fourth-order valence-electron chi connectivity index (χ4n) is 6.53. The Kier molecular flexibility index (Phi) is 22.4. The maximum absolute atomic E-state index is 12.4. The molecule has 0 fully saturated rings. The second-order valence-corrected chi connectivity index (χ2v) is 12.9. The van der Waals surface area contributed by atoms with Gasteiger partial charge in [-0.1, -0.05) is 175 Å². The van der Waals surface area contributed by atoms with E-state index in [2.05, 4.69) is 27.7 Å². The quantitative estimate of drug-likeness (QED) is 0.0958. The summed E-state index contributed by atoms with van der Waals surface area (Å²) in [5, 5.41) is 20.0. The van der Waals surface area contributed by atoms with E-state index in [1.165, 1.54) is 122 Å². The van der Waals surface area contributed by atoms with Crippen molar-refractivity contribution in [2.24, 2.45) is 11.8 Å². The Morgan fingerprint density at radius 2 is 0.952 bits per heavy atom. The van der Waals surface area contributed by atoms with Crippen molar-refractivity contribution in [3.05, 3.63) is 34.4 Å². The zero-order chi connectivity index (χ0) is 31.0. The summed E-state index contributed by atoms with van der Waals surface area (Å²) in [5.74, 6) is -1.36. The monoisotopic (exact) mass is 586 g/mol. The molecule has 2 unspecified atom stereocenters. The van der Waals surface area contributed by atoms with Gasteiger partial charge in [0, 0.05) is 0 Å². The first-order valence-corrected chi connectivity index (χ1v) is 18.0. The molecule has 0 aromatic heterocycles. The molecule has 0 aliphatic heterocycles. The van der Waals surface area contributed by atoms with Crippen LogP contribution in [0.2, 0.25) is 0 Å². The van der Waals surface area contributed by atoms with Crippen LogP contribution in [0.1, 0.15) is 201 Å². The van der Waals surface area contributed by atoms with Crippen molar-refractivity contribution in [1.29, 1.82) is 0 Å². The Hall–Kier alpha value is -1.84. The van der Waals surface area contributed by atoms with Gasteiger partial charge in [-0.2, -0.15) is 0 Å². The van der Waals surface area contributed by atoms with Gasteiger partial charge in [-0.05, 0) is 41.9 Å². The second kappa shape index (κ2) is 24.6. The van der Waals surface area contributed by atoms with Crippen LogP contribution in [-0.2, 0) is 12.8 Å². The van der Waals surface area contributed by atoms with E-state index in [1.54, 1.807) is 0 Å². The molecule has 1 aromatic rings. The van der Waals surface area contributed by atoms with Crippen LogP contribution in [0.25, 0.3) is 0 Å². The first-order valence-electron chi connectivity index (χ1n) is 18.0. The minimum absolute atomic E-state index is 0.0310. The summed E-state index contributed by atoms with van der Waals surface area (Å²) in [6.45, 7) is 8.95. The van der Waals surface area contributed by atoms with E-state index in [9.17, 15) is 19.8 Å². The van der Waals surface area contributed by atoms with Crippen LogP contribution in [0.5, 0.6) is 0 Å². The summed E-state index contributed by atoms with van der Waals surface area (Å²) in [5.41, 5.74) is 1.82. The number of carbonyl (C=O) groups is 2. The maximum atomic E-state index is 12.4. The van der Waals surface area contributed by atoms with Crippen molar-refractivity contribution in [2.75, 3.05) is 0 Å². The SMILES string of the molecule is CCCCCCCCCCCC(CC)Cc1ccc(C(=O)O)c(C(=O)O)c1CC(CC)CCCCCCCCCCC. The predicted octanol–water partition coefficient (Wildman–Crippen LogP) is 12.1. The van der Waals surface area contributed by atoms with Gasteiger partial charge in [0.25, 0.3) is 0 Å². The average Bonchev–Trinajstić information content (AvgIpc) is 2.98. The van der Waals surface area contributed by atoms with Crippen LogP contribution in [0, 0.1) is 11.8 Å². The number of carboxylic acids is 2. The first-order chi connectivity index (χ1) is 20.4. The molecule has 0 spiro atoms. The van der Waals surface area contributed by atoms with E-state index in [0.29, 0.717) is 18.3 Å². The Balaban J connectivity index is 2.81. The number of benzene rings is 1. The smallest absolute Gasteiger partial charge is 0.336 e. The summed E-state index contributed by atoms with van der Waals surface area (Å²) < 4.78 is 0. The minimum atomic E-state index is -1.14. The van der Waals surface area contributed by atoms with Crippen LogP contribution < -0.4 is 0 Å². The lowest BCUT2D eigenvalue weighted by atomic mass is 9.82. The standard InChI is InChI=1S/C38H66O4/c1-5-9-11-13-15-17-19-21-23-25-31(7-3)29-33-27-28-34(37(39)40)36(38(41)42)35(33)30-32(8-4)26-24-22-20-18-16-14-12-10-6-2/h27-28,31-32H,5-26,29-30H2,1-4H3,(H,39,40)(H,41,42). The summed E-state index contributed by atoms with van der Waals surface area (Å²) in [6, 6.07) is 3.47. The van der Waals surface area contributed by atoms with Crippen LogP contribution >= 0.6 is 0 Å². The molecule has 0 aliphatic carbocycles. The van der Waals surface area contributed by atoms with Gasteiger partial charge in [-0.25, -0.2) is 9.59 Å². The molecule has 0 aliphatic rings. The second-order valence-electron chi connectivity index (χ2n) is 12.9. The number of unbranched alkanes of at least 4 members (excludes halogenated alkanes) is 16. The number of carboxylic acid groups (broad SMARTS) is 2. The van der Waals surface area contributed by atoms with Gasteiger partial charge in [0.05, 0.1) is 11.1 Å². The molecule has 0 amide bonds. The summed E-state index contributed by atoms with van der Waals surface area (Å²) in [4.78, 5) is 24.5. The van der Waals surface area contributed by atoms with Crippen molar-refractivity contribution < 1.29 is 19.8 Å². The molecule has 1 aromatic carbocycles. The lowest BCUT2D eigenvalue weighted by molar-refractivity contribution is 0.0650. The normalized spacial score (nSPS) is 12.9. The van der Waals surface area contributed by atoms with Crippen LogP contribution in [0.3, 0.4) is 0 Å². The summed E-state index contributed by atoms with van der Waals surface area (Å²) in [7, 11) is 0. The van der Waals surface area contributed by atoms with Gasteiger partial charge in [-0.15, -0.1) is 0 Å². The van der Waals surface area contributed by atoms with E-state index < -0.39 is 11.9 Å². The molecule has 2 atom stereocenters. The molecule has 42 heavy (non-hydrogen) atoms. The fraction of sp³-hybridized carbons (Fsp3) is 0.789. The fourth-order valence-corrected chi connectivity index (χ4v) is 6.53. The van der Waals surface area contributed by atoms with E-state index in [1.807, 2.05) is 6.07 Å². The van der Waals surface area contributed by atoms with E-state index in [4.69, 9.17) is 0 Å². The number of rotatable bonds is 28. The molecule has 0 saturated heterocycles. The van der Waals surface area contributed by atoms with Crippen molar-refractivity contribution in [3.8, 4) is 0 Å². The van der Waals surface area contributed by atoms with Crippen molar-refractivity contribution in [2.45, 2.75) is 182 Å². The Bertz CT molecular complexity index is 846. The van der Waals surface area contributed by atoms with Crippen molar-refractivity contribution in [3.63, 3.8) is 0 Å². The molecule has 0 heterocycles. The average molecular weight is 587 g/mol. The molecule has 242 valence electrons. The third-order valence-corrected chi connectivity index (χ3v) is 9.44. The zero-order valence-corrected chi connectivity index (χ0v) is 28.0. The predicted molar refractivity (Wildman–Crippen MR) is 179 cm³/mol. The summed E-state index contributed by atoms with van der Waals surface area (Å²) in [6.07, 6.45) is 29.3. The molecule has 0 saturated carbocycles. The molecule has 2 N–H and O–H groups in total. The number of hydrogen-bond acceptors (Lipinski definition) is 2. The van der Waals surface area contributed by atoms with Gasteiger partial charge >= 0.3 is 11.9 Å². The third kappa shape index (κ3) is 16.1. The van der Waals surface area contributed by atoms with E-state index in [0.717, 1.165) is 43.2 Å². The number of aromatic carboxylic acids is 2. The Morgan fingerprint density at radius 3 is 1.33 bits per heavy atom. The van der Waals surface area contributed by atoms with Crippen LogP contribution in [0.4, 0.5) is 0 Å². The molecule has 0 radical (unpaired) electrons. The molecule has 1 rings (SSSR count). The maximum Gasteiger partial charge on any atom is 0.336 e. The van der Waals surface area contributed by atoms with Gasteiger partial charge in [0.15, 0.2) is 0 Å². The lowest BCUT2D eigenvalue weighted by Crippen LogP contribution is -2.18. The summed E-state index contributed by atoms with van der Waals surface area (Å²) >= 11 is 0. The zero-order valence-electron chi connectivity index (χ0n) is 28.0. The van der Waals surface area contributed by atoms with Gasteiger partial charge in [0.2, 0.25) is 0 Å². The molecular weight excluding hydrogens is 520 g/mol. The van der Waals surface area contributed by atoms with E-state index >= 15 is 0 Å². The van der Waals surface area contributed by atoms with Gasteiger partial charge in [-0.3, -0.25) is 0 Å². The highest BCUT2D eigenvalue weighted by atomic mass is 16.4. The molecule has 4 heteroatoms. The lowest BCUT2D eigenvalue weighted by Gasteiger charge is -2.23. The highest BCUT2D eigenvalue weighted by Gasteiger charge is 2.25.